The molecule has 0 unspecified atom stereocenters. The van der Waals surface area contributed by atoms with Gasteiger partial charge in [0, 0.05) is 5.39 Å². The highest BCUT2D eigenvalue weighted by atomic mass is 15.2. The van der Waals surface area contributed by atoms with E-state index in [-0.39, 0.29) is 0 Å². The van der Waals surface area contributed by atoms with Gasteiger partial charge in [0.1, 0.15) is 5.82 Å². The van der Waals surface area contributed by atoms with Crippen LogP contribution < -0.4 is 11.3 Å². The van der Waals surface area contributed by atoms with Crippen molar-refractivity contribution in [1.29, 1.82) is 0 Å². The van der Waals surface area contributed by atoms with Crippen molar-refractivity contribution in [2.75, 3.05) is 5.43 Å². The van der Waals surface area contributed by atoms with Crippen LogP contribution in [-0.4, -0.2) is 4.98 Å². The Morgan fingerprint density at radius 1 is 1.00 bits per heavy atom. The maximum Gasteiger partial charge on any atom is 0.143 e. The Kier molecular flexibility index (Phi) is 3.84. The van der Waals surface area contributed by atoms with Gasteiger partial charge in [0.05, 0.1) is 5.52 Å². The summed E-state index contributed by atoms with van der Waals surface area (Å²) >= 11 is 0. The second-order valence-corrected chi connectivity index (χ2v) is 5.16. The Labute approximate surface area is 124 Å². The number of fused-ring (bicyclic) bond motifs is 1. The number of anilines is 1. The predicted molar refractivity (Wildman–Crippen MR) is 89.0 cm³/mol. The fourth-order valence-corrected chi connectivity index (χ4v) is 2.62. The first-order chi connectivity index (χ1) is 10.3. The van der Waals surface area contributed by atoms with Gasteiger partial charge in [-0.15, -0.1) is 0 Å². The second-order valence-electron chi connectivity index (χ2n) is 5.16. The molecule has 1 aromatic heterocycles. The third-order valence-electron chi connectivity index (χ3n) is 3.66. The number of aryl methyl sites for hydroxylation is 1. The minimum Gasteiger partial charge on any atom is -0.308 e. The summed E-state index contributed by atoms with van der Waals surface area (Å²) in [6.07, 6.45) is 2.04. The minimum absolute atomic E-state index is 0.775. The molecule has 0 radical (unpaired) electrons. The van der Waals surface area contributed by atoms with Crippen LogP contribution >= 0.6 is 0 Å². The average molecular weight is 277 g/mol. The summed E-state index contributed by atoms with van der Waals surface area (Å²) in [4.78, 5) is 4.61. The van der Waals surface area contributed by atoms with Crippen molar-refractivity contribution in [3.8, 4) is 11.1 Å². The van der Waals surface area contributed by atoms with E-state index < -0.39 is 0 Å². The number of hydrogen-bond donors (Lipinski definition) is 2. The fourth-order valence-electron chi connectivity index (χ4n) is 2.62. The third-order valence-corrected chi connectivity index (χ3v) is 3.66. The summed E-state index contributed by atoms with van der Waals surface area (Å²) < 4.78 is 0. The number of rotatable bonds is 4. The van der Waals surface area contributed by atoms with Crippen LogP contribution in [0.4, 0.5) is 5.82 Å². The minimum atomic E-state index is 0.775. The number of nitrogens with two attached hydrogens (primary N) is 1. The standard InChI is InChI=1S/C18H19N3/c1-2-6-15-12-16-11-14(13-7-4-3-5-8-13)9-10-17(16)20-18(15)21-19/h3-5,7-12H,2,6,19H2,1H3,(H,20,21). The van der Waals surface area contributed by atoms with Crippen LogP contribution in [0.2, 0.25) is 0 Å². The first kappa shape index (κ1) is 13.6. The van der Waals surface area contributed by atoms with E-state index in [0.717, 1.165) is 35.1 Å². The second kappa shape index (κ2) is 5.94. The maximum absolute atomic E-state index is 5.58. The van der Waals surface area contributed by atoms with Crippen LogP contribution in [0.15, 0.2) is 54.6 Å². The number of nitrogens with zero attached hydrogens (tertiary/aromatic N) is 1. The molecule has 1 heterocycles. The molecule has 0 saturated carbocycles. The van der Waals surface area contributed by atoms with Gasteiger partial charge in [0.25, 0.3) is 0 Å². The van der Waals surface area contributed by atoms with Gasteiger partial charge < -0.3 is 5.43 Å². The van der Waals surface area contributed by atoms with Crippen molar-refractivity contribution < 1.29 is 0 Å². The molecule has 3 nitrogen and oxygen atoms in total. The number of pyridine rings is 1. The van der Waals surface area contributed by atoms with Gasteiger partial charge in [-0.3, -0.25) is 0 Å². The first-order valence-corrected chi connectivity index (χ1v) is 7.27. The molecule has 0 fully saturated rings. The van der Waals surface area contributed by atoms with Crippen molar-refractivity contribution in [3.63, 3.8) is 0 Å². The zero-order valence-electron chi connectivity index (χ0n) is 12.1. The highest BCUT2D eigenvalue weighted by Crippen LogP contribution is 2.26. The topological polar surface area (TPSA) is 50.9 Å². The van der Waals surface area contributed by atoms with Gasteiger partial charge in [-0.05, 0) is 41.3 Å². The largest absolute Gasteiger partial charge is 0.308 e. The Balaban J connectivity index is 2.12. The SMILES string of the molecule is CCCc1cc2cc(-c3ccccc3)ccc2nc1NN. The van der Waals surface area contributed by atoms with Crippen LogP contribution in [-0.2, 0) is 6.42 Å². The number of nitrogen functional groups attached to an aromatic ring is 1. The molecule has 0 atom stereocenters. The van der Waals surface area contributed by atoms with Crippen molar-refractivity contribution in [3.05, 3.63) is 60.2 Å². The van der Waals surface area contributed by atoms with Gasteiger partial charge in [-0.1, -0.05) is 49.7 Å². The summed E-state index contributed by atoms with van der Waals surface area (Å²) in [5.41, 5.74) is 7.26. The summed E-state index contributed by atoms with van der Waals surface area (Å²) in [6, 6.07) is 18.9. The lowest BCUT2D eigenvalue weighted by Crippen LogP contribution is -2.11. The van der Waals surface area contributed by atoms with E-state index in [4.69, 9.17) is 5.84 Å². The summed E-state index contributed by atoms with van der Waals surface area (Å²) in [5, 5.41) is 1.15. The molecular weight excluding hydrogens is 258 g/mol. The fraction of sp³-hybridized carbons (Fsp3) is 0.167. The molecule has 0 aliphatic rings. The molecule has 0 bridgehead atoms. The number of hydrazine groups is 1. The Hall–Kier alpha value is -2.39. The molecule has 0 aliphatic heterocycles. The molecule has 3 N–H and O–H groups in total. The zero-order valence-corrected chi connectivity index (χ0v) is 12.1. The molecule has 106 valence electrons. The lowest BCUT2D eigenvalue weighted by molar-refractivity contribution is 0.917. The van der Waals surface area contributed by atoms with E-state index >= 15 is 0 Å². The molecular formula is C18H19N3. The highest BCUT2D eigenvalue weighted by molar-refractivity contribution is 5.86. The molecule has 3 heteroatoms. The van der Waals surface area contributed by atoms with Crippen molar-refractivity contribution in [2.24, 2.45) is 5.84 Å². The van der Waals surface area contributed by atoms with Gasteiger partial charge in [-0.2, -0.15) is 0 Å². The highest BCUT2D eigenvalue weighted by Gasteiger charge is 2.06. The van der Waals surface area contributed by atoms with E-state index in [2.05, 4.69) is 59.8 Å². The van der Waals surface area contributed by atoms with E-state index in [1.165, 1.54) is 11.1 Å². The normalized spacial score (nSPS) is 10.8. The van der Waals surface area contributed by atoms with Crippen molar-refractivity contribution in [1.82, 2.24) is 4.98 Å². The molecule has 0 aliphatic carbocycles. The van der Waals surface area contributed by atoms with E-state index in [1.807, 2.05) is 12.1 Å². The first-order valence-electron chi connectivity index (χ1n) is 7.27. The maximum atomic E-state index is 5.58. The molecule has 21 heavy (non-hydrogen) atoms. The Bertz CT molecular complexity index is 751. The van der Waals surface area contributed by atoms with E-state index in [9.17, 15) is 0 Å². The van der Waals surface area contributed by atoms with Gasteiger partial charge in [-0.25, -0.2) is 10.8 Å². The summed E-state index contributed by atoms with van der Waals surface area (Å²) in [7, 11) is 0. The lowest BCUT2D eigenvalue weighted by Gasteiger charge is -2.10. The van der Waals surface area contributed by atoms with Crippen LogP contribution in [0.5, 0.6) is 0 Å². The molecule has 3 rings (SSSR count). The Morgan fingerprint density at radius 3 is 2.52 bits per heavy atom. The number of hydrogen-bond acceptors (Lipinski definition) is 3. The van der Waals surface area contributed by atoms with Crippen LogP contribution in [0.25, 0.3) is 22.0 Å². The van der Waals surface area contributed by atoms with Crippen LogP contribution in [0, 0.1) is 0 Å². The number of benzene rings is 2. The molecule has 0 spiro atoms. The Morgan fingerprint density at radius 2 is 1.81 bits per heavy atom. The number of aromatic nitrogens is 1. The predicted octanol–water partition coefficient (Wildman–Crippen LogP) is 4.14. The average Bonchev–Trinajstić information content (AvgIpc) is 2.55. The van der Waals surface area contributed by atoms with Crippen LogP contribution in [0.3, 0.4) is 0 Å². The molecule has 0 saturated heterocycles. The monoisotopic (exact) mass is 277 g/mol. The molecule has 0 amide bonds. The number of nitrogens with one attached hydrogen (secondary N) is 1. The smallest absolute Gasteiger partial charge is 0.143 e. The van der Waals surface area contributed by atoms with E-state index in [0.29, 0.717) is 0 Å². The molecule has 3 aromatic rings. The summed E-state index contributed by atoms with van der Waals surface area (Å²) in [5.74, 6) is 6.36. The third kappa shape index (κ3) is 2.73. The summed E-state index contributed by atoms with van der Waals surface area (Å²) in [6.45, 7) is 2.16. The van der Waals surface area contributed by atoms with Crippen molar-refractivity contribution in [2.45, 2.75) is 19.8 Å². The molecule has 2 aromatic carbocycles. The zero-order chi connectivity index (χ0) is 14.7. The van der Waals surface area contributed by atoms with Crippen molar-refractivity contribution >= 4 is 16.7 Å². The van der Waals surface area contributed by atoms with Gasteiger partial charge >= 0.3 is 0 Å². The van der Waals surface area contributed by atoms with Gasteiger partial charge in [0.2, 0.25) is 0 Å². The van der Waals surface area contributed by atoms with Crippen LogP contribution in [0.1, 0.15) is 18.9 Å². The quantitative estimate of drug-likeness (QED) is 0.556. The lowest BCUT2D eigenvalue weighted by atomic mass is 10.0. The van der Waals surface area contributed by atoms with E-state index in [1.54, 1.807) is 0 Å². The van der Waals surface area contributed by atoms with Gasteiger partial charge in [0.15, 0.2) is 0 Å².